The number of hydrogen-bond donors (Lipinski definition) is 2. The summed E-state index contributed by atoms with van der Waals surface area (Å²) in [7, 11) is 1.67. The van der Waals surface area contributed by atoms with Gasteiger partial charge in [0.05, 0.1) is 18.4 Å². The monoisotopic (exact) mass is 383 g/mol. The van der Waals surface area contributed by atoms with Crippen molar-refractivity contribution in [2.24, 2.45) is 0 Å². The van der Waals surface area contributed by atoms with Crippen LogP contribution < -0.4 is 0 Å². The molecule has 2 N–H and O–H groups in total. The molecule has 2 aliphatic rings. The van der Waals surface area contributed by atoms with E-state index in [1.807, 2.05) is 48.7 Å². The Balaban J connectivity index is 1.80. The van der Waals surface area contributed by atoms with Gasteiger partial charge >= 0.3 is 5.97 Å². The van der Waals surface area contributed by atoms with Crippen LogP contribution in [0.2, 0.25) is 0 Å². The number of ether oxygens (including phenoxy) is 1. The van der Waals surface area contributed by atoms with Crippen LogP contribution in [0.5, 0.6) is 0 Å². The molecule has 4 nitrogen and oxygen atoms in total. The Hall–Kier alpha value is -3.71. The van der Waals surface area contributed by atoms with Gasteiger partial charge in [0, 0.05) is 34.9 Å². The number of aliphatic carboxylic acids is 1. The van der Waals surface area contributed by atoms with Crippen molar-refractivity contribution in [1.29, 1.82) is 0 Å². The number of carbonyl (C=O) groups is 1. The van der Waals surface area contributed by atoms with E-state index >= 15 is 0 Å². The molecule has 0 atom stereocenters. The third kappa shape index (κ3) is 3.68. The minimum absolute atomic E-state index is 0.238. The maximum absolute atomic E-state index is 12.0. The molecule has 4 heteroatoms. The predicted octanol–water partition coefficient (Wildman–Crippen LogP) is 5.15. The topological polar surface area (TPSA) is 62.3 Å². The molecule has 29 heavy (non-hydrogen) atoms. The van der Waals surface area contributed by atoms with Gasteiger partial charge in [-0.2, -0.15) is 0 Å². The number of carboxylic acid groups (broad SMARTS) is 1. The Kier molecular flexibility index (Phi) is 4.97. The molecular formula is C25H21NO3. The highest BCUT2D eigenvalue weighted by Gasteiger charge is 2.24. The van der Waals surface area contributed by atoms with Crippen LogP contribution in [-0.4, -0.2) is 23.2 Å². The van der Waals surface area contributed by atoms with Gasteiger partial charge in [-0.3, -0.25) is 0 Å². The number of carboxylic acids is 1. The molecule has 4 rings (SSSR count). The molecule has 2 aromatic rings. The van der Waals surface area contributed by atoms with Gasteiger partial charge in [0.15, 0.2) is 0 Å². The van der Waals surface area contributed by atoms with Gasteiger partial charge in [0.2, 0.25) is 0 Å². The van der Waals surface area contributed by atoms with E-state index in [1.54, 1.807) is 7.11 Å². The molecule has 2 aliphatic carbocycles. The first kappa shape index (κ1) is 18.6. The van der Waals surface area contributed by atoms with Crippen LogP contribution in [0.1, 0.15) is 24.8 Å². The number of rotatable bonds is 3. The molecule has 0 spiro atoms. The first-order chi connectivity index (χ1) is 14.1. The van der Waals surface area contributed by atoms with E-state index in [-0.39, 0.29) is 5.57 Å². The molecule has 0 bridgehead atoms. The summed E-state index contributed by atoms with van der Waals surface area (Å²) in [6.45, 7) is 3.97. The highest BCUT2D eigenvalue weighted by molar-refractivity contribution is 6.07. The lowest BCUT2D eigenvalue weighted by Gasteiger charge is -2.19. The molecule has 1 heterocycles. The van der Waals surface area contributed by atoms with Crippen LogP contribution in [0, 0.1) is 11.8 Å². The number of H-pyrrole nitrogens is 1. The number of aromatic amines is 1. The van der Waals surface area contributed by atoms with Crippen molar-refractivity contribution in [3.63, 3.8) is 0 Å². The number of benzene rings is 1. The standard InChI is InChI=1S/C25H21NO3/c1-16-3-7-19(8-4-17-5-11-21(29-2)12-6-17)24(23(16)25(27)28)20-10-9-18-13-14-26-22(18)15-20/h5,7,9-11,13-15,26H,1,3,6,12H2,2H3,(H,27,28). The van der Waals surface area contributed by atoms with Crippen molar-refractivity contribution in [2.75, 3.05) is 7.11 Å². The summed E-state index contributed by atoms with van der Waals surface area (Å²) < 4.78 is 5.26. The van der Waals surface area contributed by atoms with Gasteiger partial charge < -0.3 is 14.8 Å². The fourth-order valence-corrected chi connectivity index (χ4v) is 3.66. The highest BCUT2D eigenvalue weighted by Crippen LogP contribution is 2.36. The lowest BCUT2D eigenvalue weighted by Crippen LogP contribution is -2.11. The van der Waals surface area contributed by atoms with Gasteiger partial charge in [-0.15, -0.1) is 0 Å². The van der Waals surface area contributed by atoms with Gasteiger partial charge in [-0.1, -0.05) is 36.6 Å². The number of aromatic nitrogens is 1. The van der Waals surface area contributed by atoms with Crippen molar-refractivity contribution in [1.82, 2.24) is 4.98 Å². The quantitative estimate of drug-likeness (QED) is 0.721. The Morgan fingerprint density at radius 3 is 2.79 bits per heavy atom. The van der Waals surface area contributed by atoms with Crippen molar-refractivity contribution >= 4 is 22.4 Å². The van der Waals surface area contributed by atoms with E-state index in [0.29, 0.717) is 17.6 Å². The number of hydrogen-bond acceptors (Lipinski definition) is 2. The van der Waals surface area contributed by atoms with E-state index in [0.717, 1.165) is 46.2 Å². The zero-order valence-corrected chi connectivity index (χ0v) is 16.2. The smallest absolute Gasteiger partial charge is 0.336 e. The zero-order chi connectivity index (χ0) is 20.4. The van der Waals surface area contributed by atoms with Crippen LogP contribution >= 0.6 is 0 Å². The minimum atomic E-state index is -0.978. The van der Waals surface area contributed by atoms with Crippen molar-refractivity contribution in [2.45, 2.75) is 19.3 Å². The SMILES string of the molecule is C=C1CC=C(C#CC2=CC=C(OC)CC2)C(c2ccc3cc[nH]c3c2)=C1C(=O)O. The lowest BCUT2D eigenvalue weighted by molar-refractivity contribution is -0.132. The maximum Gasteiger partial charge on any atom is 0.336 e. The third-order valence-corrected chi connectivity index (χ3v) is 5.21. The van der Waals surface area contributed by atoms with E-state index in [9.17, 15) is 9.90 Å². The van der Waals surface area contributed by atoms with Crippen LogP contribution in [0.25, 0.3) is 16.5 Å². The van der Waals surface area contributed by atoms with Crippen LogP contribution in [0.15, 0.2) is 83.3 Å². The molecule has 0 amide bonds. The number of methoxy groups -OCH3 is 1. The second-order valence-corrected chi connectivity index (χ2v) is 7.04. The van der Waals surface area contributed by atoms with Crippen molar-refractivity contribution < 1.29 is 14.6 Å². The summed E-state index contributed by atoms with van der Waals surface area (Å²) in [6, 6.07) is 7.88. The Morgan fingerprint density at radius 1 is 1.21 bits per heavy atom. The Bertz CT molecular complexity index is 1210. The Morgan fingerprint density at radius 2 is 2.07 bits per heavy atom. The van der Waals surface area contributed by atoms with Crippen LogP contribution in [0.3, 0.4) is 0 Å². The summed E-state index contributed by atoms with van der Waals surface area (Å²) in [5.74, 6) is 6.40. The summed E-state index contributed by atoms with van der Waals surface area (Å²) in [5.41, 5.74) is 4.96. The van der Waals surface area contributed by atoms with Gasteiger partial charge in [-0.05, 0) is 53.6 Å². The molecule has 0 saturated heterocycles. The van der Waals surface area contributed by atoms with Gasteiger partial charge in [0.1, 0.15) is 0 Å². The second-order valence-electron chi connectivity index (χ2n) is 7.04. The van der Waals surface area contributed by atoms with E-state index < -0.39 is 5.97 Å². The second kappa shape index (κ2) is 7.73. The molecule has 0 saturated carbocycles. The van der Waals surface area contributed by atoms with Crippen LogP contribution in [0.4, 0.5) is 0 Å². The fraction of sp³-hybridized carbons (Fsp3) is 0.160. The van der Waals surface area contributed by atoms with Crippen molar-refractivity contribution in [3.05, 3.63) is 88.9 Å². The molecule has 144 valence electrons. The maximum atomic E-state index is 12.0. The zero-order valence-electron chi connectivity index (χ0n) is 16.2. The molecule has 1 aromatic heterocycles. The van der Waals surface area contributed by atoms with Gasteiger partial charge in [-0.25, -0.2) is 4.79 Å². The number of nitrogens with one attached hydrogen (secondary N) is 1. The fourth-order valence-electron chi connectivity index (χ4n) is 3.66. The largest absolute Gasteiger partial charge is 0.501 e. The first-order valence-corrected chi connectivity index (χ1v) is 9.46. The Labute approximate surface area is 169 Å². The summed E-state index contributed by atoms with van der Waals surface area (Å²) in [5, 5.41) is 10.9. The predicted molar refractivity (Wildman–Crippen MR) is 115 cm³/mol. The lowest BCUT2D eigenvalue weighted by atomic mass is 9.83. The molecule has 1 aromatic carbocycles. The van der Waals surface area contributed by atoms with E-state index in [1.165, 1.54) is 0 Å². The molecule has 0 fully saturated rings. The molecule has 0 radical (unpaired) electrons. The average Bonchev–Trinajstić information content (AvgIpc) is 3.20. The normalized spacial score (nSPS) is 16.6. The first-order valence-electron chi connectivity index (χ1n) is 9.46. The summed E-state index contributed by atoms with van der Waals surface area (Å²) in [6.07, 6.45) is 9.84. The van der Waals surface area contributed by atoms with E-state index in [2.05, 4.69) is 23.4 Å². The molecule has 0 aliphatic heterocycles. The summed E-state index contributed by atoms with van der Waals surface area (Å²) in [4.78, 5) is 15.2. The van der Waals surface area contributed by atoms with Crippen LogP contribution in [-0.2, 0) is 9.53 Å². The highest BCUT2D eigenvalue weighted by atomic mass is 16.5. The molecule has 0 unspecified atom stereocenters. The number of allylic oxidation sites excluding steroid dienone is 7. The minimum Gasteiger partial charge on any atom is -0.501 e. The average molecular weight is 383 g/mol. The van der Waals surface area contributed by atoms with Gasteiger partial charge in [0.25, 0.3) is 0 Å². The van der Waals surface area contributed by atoms with E-state index in [4.69, 9.17) is 4.74 Å². The molecular weight excluding hydrogens is 362 g/mol. The van der Waals surface area contributed by atoms with Crippen molar-refractivity contribution in [3.8, 4) is 11.8 Å². The number of fused-ring (bicyclic) bond motifs is 1. The third-order valence-electron chi connectivity index (χ3n) is 5.21. The summed E-state index contributed by atoms with van der Waals surface area (Å²) >= 11 is 0.